The SMILES string of the molecule is C=C(c1cc2c(cc1C)[nH]c(=O)c1cnn(C3CCOCC3)c12)N1CCN(Cc2cccnn2)[C@@H](CC)C1. The molecule has 1 N–H and O–H groups in total. The van der Waals surface area contributed by atoms with Gasteiger partial charge in [-0.1, -0.05) is 13.5 Å². The van der Waals surface area contributed by atoms with E-state index in [9.17, 15) is 4.79 Å². The van der Waals surface area contributed by atoms with E-state index < -0.39 is 0 Å². The molecule has 9 heteroatoms. The molecule has 0 bridgehead atoms. The average Bonchev–Trinajstić information content (AvgIpc) is 3.40. The molecule has 2 aliphatic rings. The lowest BCUT2D eigenvalue weighted by Crippen LogP contribution is -2.51. The number of aromatic nitrogens is 5. The van der Waals surface area contributed by atoms with Gasteiger partial charge in [0.05, 0.1) is 34.4 Å². The zero-order valence-corrected chi connectivity index (χ0v) is 22.2. The summed E-state index contributed by atoms with van der Waals surface area (Å²) in [5.74, 6) is 0. The average molecular weight is 514 g/mol. The normalized spacial score (nSPS) is 19.4. The van der Waals surface area contributed by atoms with Gasteiger partial charge >= 0.3 is 0 Å². The molecule has 1 atom stereocenters. The minimum atomic E-state index is -0.0956. The summed E-state index contributed by atoms with van der Waals surface area (Å²) in [7, 11) is 0. The number of hydrogen-bond donors (Lipinski definition) is 1. The number of aryl methyl sites for hydroxylation is 1. The van der Waals surface area contributed by atoms with E-state index in [2.05, 4.69) is 67.3 Å². The lowest BCUT2D eigenvalue weighted by molar-refractivity contribution is 0.0675. The van der Waals surface area contributed by atoms with Gasteiger partial charge in [0.1, 0.15) is 0 Å². The minimum absolute atomic E-state index is 0.0956. The molecule has 4 aromatic rings. The van der Waals surface area contributed by atoms with Crippen molar-refractivity contribution < 1.29 is 4.74 Å². The van der Waals surface area contributed by atoms with E-state index in [1.165, 1.54) is 0 Å². The fourth-order valence-electron chi connectivity index (χ4n) is 6.04. The molecule has 0 amide bonds. The van der Waals surface area contributed by atoms with Gasteiger partial charge in [0, 0.05) is 68.3 Å². The van der Waals surface area contributed by atoms with Gasteiger partial charge in [0.2, 0.25) is 0 Å². The topological polar surface area (TPSA) is 92.2 Å². The molecule has 0 spiro atoms. The van der Waals surface area contributed by atoms with Crippen LogP contribution in [0.15, 0.2) is 48.0 Å². The number of piperazine rings is 1. The third kappa shape index (κ3) is 4.50. The molecule has 2 aliphatic heterocycles. The van der Waals surface area contributed by atoms with Gasteiger partial charge in [0.25, 0.3) is 5.56 Å². The monoisotopic (exact) mass is 513 g/mol. The molecule has 2 saturated heterocycles. The van der Waals surface area contributed by atoms with Crippen LogP contribution >= 0.6 is 0 Å². The maximum Gasteiger partial charge on any atom is 0.259 e. The zero-order valence-electron chi connectivity index (χ0n) is 22.2. The van der Waals surface area contributed by atoms with E-state index >= 15 is 0 Å². The van der Waals surface area contributed by atoms with Crippen molar-refractivity contribution in [2.24, 2.45) is 0 Å². The first kappa shape index (κ1) is 24.8. The number of fused-ring (bicyclic) bond motifs is 3. The Labute approximate surface area is 222 Å². The highest BCUT2D eigenvalue weighted by Crippen LogP contribution is 2.33. The molecule has 2 fully saturated rings. The summed E-state index contributed by atoms with van der Waals surface area (Å²) in [5, 5.41) is 14.6. The molecule has 0 saturated carbocycles. The second-order valence-corrected chi connectivity index (χ2v) is 10.5. The van der Waals surface area contributed by atoms with Gasteiger partial charge in [-0.05, 0) is 56.0 Å². The van der Waals surface area contributed by atoms with Crippen LogP contribution in [0.4, 0.5) is 0 Å². The largest absolute Gasteiger partial charge is 0.381 e. The molecule has 0 radical (unpaired) electrons. The zero-order chi connectivity index (χ0) is 26.2. The second kappa shape index (κ2) is 10.3. The minimum Gasteiger partial charge on any atom is -0.381 e. The lowest BCUT2D eigenvalue weighted by Gasteiger charge is -2.43. The van der Waals surface area contributed by atoms with Gasteiger partial charge in [-0.25, -0.2) is 0 Å². The molecule has 5 heterocycles. The van der Waals surface area contributed by atoms with Crippen molar-refractivity contribution in [3.8, 4) is 0 Å². The Hall–Kier alpha value is -3.56. The van der Waals surface area contributed by atoms with Crippen LogP contribution in [0.1, 0.15) is 49.0 Å². The van der Waals surface area contributed by atoms with Crippen molar-refractivity contribution in [1.82, 2.24) is 34.8 Å². The molecule has 198 valence electrons. The third-order valence-corrected chi connectivity index (χ3v) is 8.21. The highest BCUT2D eigenvalue weighted by atomic mass is 16.5. The summed E-state index contributed by atoms with van der Waals surface area (Å²) in [4.78, 5) is 20.9. The van der Waals surface area contributed by atoms with Crippen LogP contribution in [0.2, 0.25) is 0 Å². The van der Waals surface area contributed by atoms with E-state index in [0.717, 1.165) is 97.6 Å². The second-order valence-electron chi connectivity index (χ2n) is 10.5. The van der Waals surface area contributed by atoms with E-state index in [4.69, 9.17) is 4.74 Å². The maximum absolute atomic E-state index is 12.9. The van der Waals surface area contributed by atoms with E-state index in [0.29, 0.717) is 11.4 Å². The highest BCUT2D eigenvalue weighted by Gasteiger charge is 2.28. The number of rotatable bonds is 6. The number of benzene rings is 1. The summed E-state index contributed by atoms with van der Waals surface area (Å²) >= 11 is 0. The Kier molecular flexibility index (Phi) is 6.71. The molecule has 6 rings (SSSR count). The van der Waals surface area contributed by atoms with Gasteiger partial charge in [-0.2, -0.15) is 15.3 Å². The number of nitrogens with one attached hydrogen (secondary N) is 1. The Morgan fingerprint density at radius 3 is 2.82 bits per heavy atom. The van der Waals surface area contributed by atoms with E-state index in [1.807, 2.05) is 12.1 Å². The standard InChI is InChI=1S/C29H35N7O2/c1-4-22-18-34(10-11-35(22)17-21-6-5-9-30-33-21)20(3)24-15-25-27(14-19(24)2)32-29(37)26-16-31-36(28(25)26)23-7-12-38-13-8-23/h5-6,9,14-16,22-23H,3-4,7-8,10-13,17-18H2,1-2H3,(H,32,37)/t22-/m0/s1. The van der Waals surface area contributed by atoms with Crippen LogP contribution in [0.25, 0.3) is 27.5 Å². The quantitative estimate of drug-likeness (QED) is 0.418. The van der Waals surface area contributed by atoms with Gasteiger partial charge in [-0.15, -0.1) is 0 Å². The number of ether oxygens (including phenoxy) is 1. The van der Waals surface area contributed by atoms with Crippen molar-refractivity contribution in [2.75, 3.05) is 32.8 Å². The lowest BCUT2D eigenvalue weighted by atomic mass is 9.99. The van der Waals surface area contributed by atoms with Crippen molar-refractivity contribution in [2.45, 2.75) is 51.7 Å². The predicted molar refractivity (Wildman–Crippen MR) is 149 cm³/mol. The first-order valence-electron chi connectivity index (χ1n) is 13.6. The molecular formula is C29H35N7O2. The highest BCUT2D eigenvalue weighted by molar-refractivity contribution is 6.04. The van der Waals surface area contributed by atoms with E-state index in [1.54, 1.807) is 12.4 Å². The summed E-state index contributed by atoms with van der Waals surface area (Å²) in [6.45, 7) is 13.9. The van der Waals surface area contributed by atoms with Crippen LogP contribution in [0.3, 0.4) is 0 Å². The first-order chi connectivity index (χ1) is 18.5. The van der Waals surface area contributed by atoms with Crippen LogP contribution < -0.4 is 5.56 Å². The van der Waals surface area contributed by atoms with Crippen molar-refractivity contribution in [3.05, 3.63) is 70.4 Å². The fraction of sp³-hybridized carbons (Fsp3) is 0.448. The number of aromatic amines is 1. The molecule has 0 unspecified atom stereocenters. The number of H-pyrrole nitrogens is 1. The fourth-order valence-corrected chi connectivity index (χ4v) is 6.04. The molecule has 0 aliphatic carbocycles. The summed E-state index contributed by atoms with van der Waals surface area (Å²) < 4.78 is 7.63. The van der Waals surface area contributed by atoms with Crippen LogP contribution in [0, 0.1) is 6.92 Å². The Bertz CT molecular complexity index is 1520. The van der Waals surface area contributed by atoms with Gasteiger partial charge in [-0.3, -0.25) is 14.4 Å². The van der Waals surface area contributed by atoms with E-state index in [-0.39, 0.29) is 11.6 Å². The number of pyridine rings is 1. The van der Waals surface area contributed by atoms with Crippen molar-refractivity contribution in [1.29, 1.82) is 0 Å². The predicted octanol–water partition coefficient (Wildman–Crippen LogP) is 3.89. The van der Waals surface area contributed by atoms with Crippen LogP contribution in [-0.4, -0.2) is 73.7 Å². The molecule has 9 nitrogen and oxygen atoms in total. The summed E-state index contributed by atoms with van der Waals surface area (Å²) in [6.07, 6.45) is 6.27. The molecular weight excluding hydrogens is 478 g/mol. The van der Waals surface area contributed by atoms with Gasteiger partial charge < -0.3 is 14.6 Å². The number of nitrogens with zero attached hydrogens (tertiary/aromatic N) is 6. The Morgan fingerprint density at radius 2 is 2.05 bits per heavy atom. The maximum atomic E-state index is 12.9. The summed E-state index contributed by atoms with van der Waals surface area (Å²) in [6, 6.07) is 8.91. The molecule has 3 aromatic heterocycles. The first-order valence-corrected chi connectivity index (χ1v) is 13.6. The molecule has 38 heavy (non-hydrogen) atoms. The smallest absolute Gasteiger partial charge is 0.259 e. The Morgan fingerprint density at radius 1 is 1.21 bits per heavy atom. The third-order valence-electron chi connectivity index (χ3n) is 8.21. The van der Waals surface area contributed by atoms with Gasteiger partial charge in [0.15, 0.2) is 0 Å². The summed E-state index contributed by atoms with van der Waals surface area (Å²) in [5.41, 5.74) is 5.89. The van der Waals surface area contributed by atoms with Crippen molar-refractivity contribution >= 4 is 27.5 Å². The van der Waals surface area contributed by atoms with Crippen LogP contribution in [-0.2, 0) is 11.3 Å². The van der Waals surface area contributed by atoms with Crippen molar-refractivity contribution in [3.63, 3.8) is 0 Å². The van der Waals surface area contributed by atoms with Crippen LogP contribution in [0.5, 0.6) is 0 Å². The Balaban J connectivity index is 1.33. The molecule has 1 aromatic carbocycles. The number of hydrogen-bond acceptors (Lipinski definition) is 7.